The topological polar surface area (TPSA) is 70.6 Å². The minimum absolute atomic E-state index is 0.0623. The first kappa shape index (κ1) is 15.0. The Morgan fingerprint density at radius 1 is 1.45 bits per heavy atom. The van der Waals surface area contributed by atoms with E-state index in [9.17, 15) is 9.90 Å². The first-order valence-electron chi connectivity index (χ1n) is 7.04. The van der Waals surface area contributed by atoms with E-state index in [1.54, 1.807) is 0 Å². The highest BCUT2D eigenvalue weighted by Crippen LogP contribution is 2.11. The molecule has 1 aliphatic heterocycles. The van der Waals surface area contributed by atoms with Crippen LogP contribution < -0.4 is 10.6 Å². The molecule has 0 radical (unpaired) electrons. The minimum Gasteiger partial charge on any atom is -0.392 e. The molecule has 1 amide bonds. The van der Waals surface area contributed by atoms with E-state index in [1.807, 2.05) is 31.2 Å². The van der Waals surface area contributed by atoms with Crippen molar-refractivity contribution in [3.8, 4) is 0 Å². The molecular weight excluding hydrogens is 256 g/mol. The van der Waals surface area contributed by atoms with Gasteiger partial charge in [0.25, 0.3) is 0 Å². The predicted octanol–water partition coefficient (Wildman–Crippen LogP) is 0.562. The van der Waals surface area contributed by atoms with Crippen LogP contribution in [0.4, 0.5) is 0 Å². The maximum Gasteiger partial charge on any atom is 0.237 e. The number of aliphatic hydroxyl groups is 1. The van der Waals surface area contributed by atoms with E-state index < -0.39 is 6.10 Å². The van der Waals surface area contributed by atoms with Crippen LogP contribution in [-0.4, -0.2) is 36.3 Å². The Labute approximate surface area is 119 Å². The lowest BCUT2D eigenvalue weighted by Crippen LogP contribution is -2.40. The predicted molar refractivity (Wildman–Crippen MR) is 76.0 cm³/mol. The van der Waals surface area contributed by atoms with Crippen LogP contribution in [0.2, 0.25) is 0 Å². The summed E-state index contributed by atoms with van der Waals surface area (Å²) < 4.78 is 5.42. The summed E-state index contributed by atoms with van der Waals surface area (Å²) in [6.45, 7) is 4.16. The van der Waals surface area contributed by atoms with E-state index in [1.165, 1.54) is 0 Å². The molecule has 1 aromatic rings. The van der Waals surface area contributed by atoms with Crippen molar-refractivity contribution in [3.05, 3.63) is 35.4 Å². The average molecular weight is 278 g/mol. The molecule has 0 unspecified atom stereocenters. The fourth-order valence-electron chi connectivity index (χ4n) is 2.31. The van der Waals surface area contributed by atoms with Crippen molar-refractivity contribution in [1.82, 2.24) is 10.6 Å². The van der Waals surface area contributed by atoms with E-state index >= 15 is 0 Å². The molecule has 0 spiro atoms. The highest BCUT2D eigenvalue weighted by molar-refractivity contribution is 5.82. The molecule has 2 rings (SSSR count). The van der Waals surface area contributed by atoms with Gasteiger partial charge in [-0.05, 0) is 24.5 Å². The second-order valence-electron chi connectivity index (χ2n) is 4.97. The Kier molecular flexibility index (Phi) is 5.52. The van der Waals surface area contributed by atoms with Gasteiger partial charge >= 0.3 is 0 Å². The fraction of sp³-hybridized carbons (Fsp3) is 0.533. The summed E-state index contributed by atoms with van der Waals surface area (Å²) in [4.78, 5) is 12.0. The number of carbonyl (C=O) groups excluding carboxylic acids is 1. The number of hydrogen-bond donors (Lipinski definition) is 3. The van der Waals surface area contributed by atoms with Gasteiger partial charge in [-0.15, -0.1) is 0 Å². The van der Waals surface area contributed by atoms with Gasteiger partial charge in [0.2, 0.25) is 5.91 Å². The lowest BCUT2D eigenvalue weighted by Gasteiger charge is -2.13. The summed E-state index contributed by atoms with van der Waals surface area (Å²) >= 11 is 0. The number of nitrogens with one attached hydrogen (secondary N) is 2. The third kappa shape index (κ3) is 4.03. The lowest BCUT2D eigenvalue weighted by molar-refractivity contribution is -0.123. The van der Waals surface area contributed by atoms with E-state index in [-0.39, 0.29) is 11.9 Å². The Morgan fingerprint density at radius 2 is 2.20 bits per heavy atom. The van der Waals surface area contributed by atoms with Crippen molar-refractivity contribution in [2.45, 2.75) is 38.6 Å². The second-order valence-corrected chi connectivity index (χ2v) is 4.97. The van der Waals surface area contributed by atoms with Gasteiger partial charge < -0.3 is 20.5 Å². The molecule has 1 saturated heterocycles. The van der Waals surface area contributed by atoms with E-state index in [0.29, 0.717) is 32.7 Å². The van der Waals surface area contributed by atoms with Crippen LogP contribution in [0.3, 0.4) is 0 Å². The van der Waals surface area contributed by atoms with Crippen molar-refractivity contribution in [1.29, 1.82) is 0 Å². The van der Waals surface area contributed by atoms with Crippen LogP contribution in [0.15, 0.2) is 24.3 Å². The molecule has 5 heteroatoms. The molecule has 0 aliphatic carbocycles. The summed E-state index contributed by atoms with van der Waals surface area (Å²) in [6, 6.07) is 7.63. The third-order valence-corrected chi connectivity index (χ3v) is 3.46. The second kappa shape index (κ2) is 7.38. The van der Waals surface area contributed by atoms with E-state index in [4.69, 9.17) is 4.74 Å². The number of β-amino-alcohol motifs (C(OH)–C–C–N with tert-alkyl or cyclic N) is 1. The minimum atomic E-state index is -0.420. The summed E-state index contributed by atoms with van der Waals surface area (Å²) in [5, 5.41) is 15.3. The number of benzene rings is 1. The molecule has 0 bridgehead atoms. The molecule has 0 saturated carbocycles. The van der Waals surface area contributed by atoms with Gasteiger partial charge in [0.15, 0.2) is 0 Å². The zero-order valence-electron chi connectivity index (χ0n) is 11.8. The summed E-state index contributed by atoms with van der Waals surface area (Å²) in [5.74, 6) is -0.0623. The number of carbonyl (C=O) groups is 1. The normalized spacial score (nSPS) is 21.9. The highest BCUT2D eigenvalue weighted by atomic mass is 16.5. The molecular formula is C15H22N2O3. The zero-order chi connectivity index (χ0) is 14.4. The number of aliphatic hydroxyl groups excluding tert-OH is 1. The summed E-state index contributed by atoms with van der Waals surface area (Å²) in [5.41, 5.74) is 2.15. The van der Waals surface area contributed by atoms with Gasteiger partial charge in [-0.1, -0.05) is 24.3 Å². The van der Waals surface area contributed by atoms with Crippen molar-refractivity contribution in [2.75, 3.05) is 13.2 Å². The van der Waals surface area contributed by atoms with Gasteiger partial charge in [0.05, 0.1) is 18.8 Å². The molecule has 3 N–H and O–H groups in total. The van der Waals surface area contributed by atoms with Crippen molar-refractivity contribution >= 4 is 5.91 Å². The first-order chi connectivity index (χ1) is 9.70. The monoisotopic (exact) mass is 278 g/mol. The number of hydrogen-bond acceptors (Lipinski definition) is 4. The van der Waals surface area contributed by atoms with Crippen LogP contribution in [0.25, 0.3) is 0 Å². The van der Waals surface area contributed by atoms with Crippen molar-refractivity contribution in [2.24, 2.45) is 0 Å². The molecule has 20 heavy (non-hydrogen) atoms. The number of amides is 1. The van der Waals surface area contributed by atoms with Gasteiger partial charge in [-0.25, -0.2) is 0 Å². The van der Waals surface area contributed by atoms with Gasteiger partial charge in [0, 0.05) is 19.7 Å². The average Bonchev–Trinajstić information content (AvgIpc) is 2.90. The molecule has 110 valence electrons. The van der Waals surface area contributed by atoms with Crippen LogP contribution >= 0.6 is 0 Å². The fourth-order valence-corrected chi connectivity index (χ4v) is 2.31. The Hall–Kier alpha value is -1.43. The van der Waals surface area contributed by atoms with E-state index in [0.717, 1.165) is 11.1 Å². The van der Waals surface area contributed by atoms with Crippen LogP contribution in [0, 0.1) is 0 Å². The first-order valence-corrected chi connectivity index (χ1v) is 7.04. The molecule has 1 fully saturated rings. The smallest absolute Gasteiger partial charge is 0.237 e. The number of ether oxygens (including phenoxy) is 1. The molecule has 1 heterocycles. The van der Waals surface area contributed by atoms with Crippen molar-refractivity contribution in [3.63, 3.8) is 0 Å². The zero-order valence-corrected chi connectivity index (χ0v) is 11.8. The molecule has 2 atom stereocenters. The van der Waals surface area contributed by atoms with Crippen LogP contribution in [0.5, 0.6) is 0 Å². The number of rotatable bonds is 6. The van der Waals surface area contributed by atoms with Crippen LogP contribution in [-0.2, 0) is 22.7 Å². The van der Waals surface area contributed by atoms with Crippen molar-refractivity contribution < 1.29 is 14.6 Å². The van der Waals surface area contributed by atoms with E-state index in [2.05, 4.69) is 10.6 Å². The lowest BCUT2D eigenvalue weighted by atomic mass is 10.1. The highest BCUT2D eigenvalue weighted by Gasteiger charge is 2.27. The van der Waals surface area contributed by atoms with Gasteiger partial charge in [-0.2, -0.15) is 0 Å². The largest absolute Gasteiger partial charge is 0.392 e. The molecule has 5 nitrogen and oxygen atoms in total. The maximum absolute atomic E-state index is 12.0. The quantitative estimate of drug-likeness (QED) is 0.711. The Bertz CT molecular complexity index is 450. The molecule has 0 aromatic heterocycles. The Balaban J connectivity index is 1.88. The van der Waals surface area contributed by atoms with Crippen LogP contribution in [0.1, 0.15) is 24.5 Å². The van der Waals surface area contributed by atoms with Gasteiger partial charge in [-0.3, -0.25) is 4.79 Å². The molecule has 1 aromatic carbocycles. The third-order valence-electron chi connectivity index (χ3n) is 3.46. The summed E-state index contributed by atoms with van der Waals surface area (Å²) in [6.07, 6.45) is 0.0582. The summed E-state index contributed by atoms with van der Waals surface area (Å²) in [7, 11) is 0. The maximum atomic E-state index is 12.0. The standard InChI is InChI=1S/C15H22N2O3/c1-2-20-10-12-6-4-3-5-11(12)8-17-15(19)14-7-13(18)9-16-14/h3-6,13-14,16,18H,2,7-10H2,1H3,(H,17,19)/t13-,14-/m0/s1. The Morgan fingerprint density at radius 3 is 2.85 bits per heavy atom. The SMILES string of the molecule is CCOCc1ccccc1CNC(=O)[C@@H]1C[C@H](O)CN1. The van der Waals surface area contributed by atoms with Gasteiger partial charge in [0.1, 0.15) is 0 Å². The molecule has 1 aliphatic rings.